The van der Waals surface area contributed by atoms with Crippen LogP contribution in [0.4, 0.5) is 11.4 Å². The minimum absolute atomic E-state index is 0.472. The minimum atomic E-state index is -3.85. The summed E-state index contributed by atoms with van der Waals surface area (Å²) in [6.07, 6.45) is 2.90. The van der Waals surface area contributed by atoms with Crippen LogP contribution in [0.5, 0.6) is 0 Å². The van der Waals surface area contributed by atoms with Crippen LogP contribution in [0.3, 0.4) is 0 Å². The first-order valence-electron chi connectivity index (χ1n) is 10.7. The van der Waals surface area contributed by atoms with Gasteiger partial charge in [-0.1, -0.05) is 49.7 Å². The van der Waals surface area contributed by atoms with Gasteiger partial charge in [0.2, 0.25) is 0 Å². The Morgan fingerprint density at radius 3 is 2.47 bits per heavy atom. The van der Waals surface area contributed by atoms with Crippen LogP contribution in [0.15, 0.2) is 60.8 Å². The lowest BCUT2D eigenvalue weighted by atomic mass is 10.1. The van der Waals surface area contributed by atoms with Crippen LogP contribution in [0, 0.1) is 0 Å². The predicted octanol–water partition coefficient (Wildman–Crippen LogP) is 5.63. The van der Waals surface area contributed by atoms with Gasteiger partial charge in [0.1, 0.15) is 0 Å². The molecule has 4 aromatic rings. The van der Waals surface area contributed by atoms with E-state index in [1.807, 2.05) is 30.5 Å². The van der Waals surface area contributed by atoms with Gasteiger partial charge in [-0.05, 0) is 55.4 Å². The summed E-state index contributed by atoms with van der Waals surface area (Å²) in [5, 5.41) is 3.13. The van der Waals surface area contributed by atoms with Crippen molar-refractivity contribution in [2.45, 2.75) is 20.3 Å². The maximum absolute atomic E-state index is 12.9. The third kappa shape index (κ3) is 4.85. The molecule has 0 radical (unpaired) electrons. The molecule has 0 unspecified atom stereocenters. The summed E-state index contributed by atoms with van der Waals surface area (Å²) < 4.78 is 31.0. The third-order valence-electron chi connectivity index (χ3n) is 5.72. The van der Waals surface area contributed by atoms with Gasteiger partial charge in [-0.15, -0.1) is 0 Å². The number of aromatic amines is 1. The Balaban J connectivity index is 1.56. The van der Waals surface area contributed by atoms with Gasteiger partial charge in [0.25, 0.3) is 0 Å². The zero-order valence-corrected chi connectivity index (χ0v) is 19.7. The molecule has 3 N–H and O–H groups in total. The van der Waals surface area contributed by atoms with E-state index in [1.165, 1.54) is 5.56 Å². The van der Waals surface area contributed by atoms with Crippen molar-refractivity contribution in [1.29, 1.82) is 0 Å². The number of likely N-dealkylation sites (N-methyl/N-ethyl adjacent to an activating group) is 1. The van der Waals surface area contributed by atoms with Gasteiger partial charge in [0.15, 0.2) is 0 Å². The van der Waals surface area contributed by atoms with Crippen molar-refractivity contribution in [2.24, 2.45) is 0 Å². The fourth-order valence-corrected chi connectivity index (χ4v) is 5.15. The molecule has 1 heterocycles. The molecule has 0 aliphatic heterocycles. The molecule has 1 aromatic heterocycles. The highest BCUT2D eigenvalue weighted by molar-refractivity contribution is 7.94. The Hall–Kier alpha value is -2.74. The molecule has 0 saturated heterocycles. The monoisotopic (exact) mass is 470 g/mol. The second kappa shape index (κ2) is 9.40. The molecule has 0 saturated carbocycles. The highest BCUT2D eigenvalue weighted by Crippen LogP contribution is 2.30. The largest absolute Gasteiger partial charge is 0.361 e. The molecule has 0 fully saturated rings. The fraction of sp³-hybridized carbons (Fsp3) is 0.250. The van der Waals surface area contributed by atoms with Crippen LogP contribution in [0.2, 0.25) is 5.02 Å². The molecule has 0 spiro atoms. The Labute approximate surface area is 193 Å². The Bertz CT molecular complexity index is 1350. The average Bonchev–Trinajstić information content (AvgIpc) is 3.17. The summed E-state index contributed by atoms with van der Waals surface area (Å²) >= 11 is 6.25. The lowest BCUT2D eigenvalue weighted by molar-refractivity contribution is 0.308. The van der Waals surface area contributed by atoms with Crippen molar-refractivity contribution in [3.05, 3.63) is 71.4 Å². The van der Waals surface area contributed by atoms with Gasteiger partial charge in [-0.25, -0.2) is 0 Å². The second-order valence-corrected chi connectivity index (χ2v) is 9.52. The van der Waals surface area contributed by atoms with E-state index in [-0.39, 0.29) is 0 Å². The summed E-state index contributed by atoms with van der Waals surface area (Å²) in [6.45, 7) is 7.29. The van der Waals surface area contributed by atoms with Crippen molar-refractivity contribution < 1.29 is 8.42 Å². The van der Waals surface area contributed by atoms with Crippen molar-refractivity contribution in [2.75, 3.05) is 29.1 Å². The molecular formula is C24H27ClN4O2S. The molecule has 0 atom stereocenters. The topological polar surface area (TPSA) is 77.2 Å². The number of aromatic nitrogens is 1. The number of nitrogens with zero attached hydrogens (tertiary/aromatic N) is 1. The summed E-state index contributed by atoms with van der Waals surface area (Å²) in [5.41, 5.74) is 3.14. The van der Waals surface area contributed by atoms with E-state index < -0.39 is 10.2 Å². The molecule has 0 bridgehead atoms. The van der Waals surface area contributed by atoms with E-state index in [2.05, 4.69) is 33.2 Å². The van der Waals surface area contributed by atoms with Crippen molar-refractivity contribution in [3.8, 4) is 0 Å². The highest BCUT2D eigenvalue weighted by atomic mass is 35.5. The summed E-state index contributed by atoms with van der Waals surface area (Å²) in [6, 6.07) is 16.3. The number of hydrogen-bond acceptors (Lipinski definition) is 3. The lowest BCUT2D eigenvalue weighted by Crippen LogP contribution is -2.25. The van der Waals surface area contributed by atoms with Gasteiger partial charge in [-0.2, -0.15) is 8.42 Å². The summed E-state index contributed by atoms with van der Waals surface area (Å²) in [7, 11) is -3.85. The summed E-state index contributed by atoms with van der Waals surface area (Å²) in [4.78, 5) is 5.65. The number of fused-ring (bicyclic) bond motifs is 2. The van der Waals surface area contributed by atoms with Gasteiger partial charge in [0.05, 0.1) is 11.4 Å². The number of halogens is 1. The van der Waals surface area contributed by atoms with E-state index in [0.717, 1.165) is 47.7 Å². The molecule has 3 aromatic carbocycles. The standard InChI is InChI=1S/C24H27ClN4O2S/c1-3-29(4-2)14-13-17-16-26-23-12-11-18(15-21(17)23)27-32(30,31)28-24-10-6-7-19-20(24)8-5-9-22(19)25/h5-12,15-16,26-28H,3-4,13-14H2,1-2H3. The van der Waals surface area contributed by atoms with Crippen LogP contribution in [0.1, 0.15) is 19.4 Å². The first-order chi connectivity index (χ1) is 15.4. The van der Waals surface area contributed by atoms with Crippen LogP contribution in [-0.4, -0.2) is 37.9 Å². The van der Waals surface area contributed by atoms with E-state index in [0.29, 0.717) is 16.4 Å². The Morgan fingerprint density at radius 1 is 0.938 bits per heavy atom. The van der Waals surface area contributed by atoms with Crippen molar-refractivity contribution >= 4 is 54.9 Å². The molecule has 4 rings (SSSR count). The van der Waals surface area contributed by atoms with Crippen molar-refractivity contribution in [1.82, 2.24) is 9.88 Å². The van der Waals surface area contributed by atoms with Crippen molar-refractivity contribution in [3.63, 3.8) is 0 Å². The van der Waals surface area contributed by atoms with Crippen LogP contribution in [0.25, 0.3) is 21.7 Å². The maximum atomic E-state index is 12.9. The predicted molar refractivity (Wildman–Crippen MR) is 135 cm³/mol. The zero-order chi connectivity index (χ0) is 22.7. The van der Waals surface area contributed by atoms with E-state index in [4.69, 9.17) is 11.6 Å². The van der Waals surface area contributed by atoms with Crippen LogP contribution >= 0.6 is 11.6 Å². The van der Waals surface area contributed by atoms with Crippen LogP contribution in [-0.2, 0) is 16.6 Å². The number of benzene rings is 3. The second-order valence-electron chi connectivity index (χ2n) is 7.70. The van der Waals surface area contributed by atoms with Gasteiger partial charge >= 0.3 is 10.2 Å². The highest BCUT2D eigenvalue weighted by Gasteiger charge is 2.14. The molecule has 0 amide bonds. The Morgan fingerprint density at radius 2 is 1.69 bits per heavy atom. The van der Waals surface area contributed by atoms with Gasteiger partial charge < -0.3 is 9.88 Å². The van der Waals surface area contributed by atoms with Gasteiger partial charge in [-0.3, -0.25) is 9.44 Å². The van der Waals surface area contributed by atoms with E-state index in [1.54, 1.807) is 30.3 Å². The fourth-order valence-electron chi connectivity index (χ4n) is 3.95. The van der Waals surface area contributed by atoms with Crippen LogP contribution < -0.4 is 9.44 Å². The minimum Gasteiger partial charge on any atom is -0.361 e. The molecule has 168 valence electrons. The number of anilines is 2. The number of nitrogens with one attached hydrogen (secondary N) is 3. The molecule has 6 nitrogen and oxygen atoms in total. The summed E-state index contributed by atoms with van der Waals surface area (Å²) in [5.74, 6) is 0. The first kappa shape index (κ1) is 22.5. The smallest absolute Gasteiger partial charge is 0.321 e. The molecule has 0 aliphatic rings. The third-order valence-corrected chi connectivity index (χ3v) is 7.05. The number of hydrogen-bond donors (Lipinski definition) is 3. The lowest BCUT2D eigenvalue weighted by Gasteiger charge is -2.17. The van der Waals surface area contributed by atoms with E-state index >= 15 is 0 Å². The number of rotatable bonds is 9. The Kier molecular flexibility index (Phi) is 6.60. The molecule has 8 heteroatoms. The molecule has 32 heavy (non-hydrogen) atoms. The first-order valence-corrected chi connectivity index (χ1v) is 12.6. The average molecular weight is 471 g/mol. The number of H-pyrrole nitrogens is 1. The SMILES string of the molecule is CCN(CC)CCc1c[nH]c2ccc(NS(=O)(=O)Nc3cccc4c(Cl)cccc34)cc12. The normalized spacial score (nSPS) is 12.0. The van der Waals surface area contributed by atoms with E-state index in [9.17, 15) is 8.42 Å². The molecule has 0 aliphatic carbocycles. The van der Waals surface area contributed by atoms with Gasteiger partial charge in [0, 0.05) is 39.4 Å². The quantitative estimate of drug-likeness (QED) is 0.297. The zero-order valence-electron chi connectivity index (χ0n) is 18.2. The maximum Gasteiger partial charge on any atom is 0.321 e. The molecular weight excluding hydrogens is 444 g/mol.